The molecule has 0 aliphatic carbocycles. The number of carbonyl (C=O) groups is 2. The first-order valence-corrected chi connectivity index (χ1v) is 9.59. The maximum Gasteiger partial charge on any atom is 0.308 e. The van der Waals surface area contributed by atoms with Gasteiger partial charge in [-0.3, -0.25) is 19.4 Å². The Kier molecular flexibility index (Phi) is 6.49. The molecule has 1 aromatic heterocycles. The van der Waals surface area contributed by atoms with Crippen LogP contribution in [0.4, 0.5) is 5.69 Å². The van der Waals surface area contributed by atoms with E-state index in [0.29, 0.717) is 12.2 Å². The fourth-order valence-electron chi connectivity index (χ4n) is 3.61. The molecule has 1 aromatic carbocycles. The Morgan fingerprint density at radius 3 is 2.61 bits per heavy atom. The van der Waals surface area contributed by atoms with E-state index in [9.17, 15) is 14.7 Å². The van der Waals surface area contributed by atoms with E-state index in [1.54, 1.807) is 0 Å². The van der Waals surface area contributed by atoms with E-state index in [1.807, 2.05) is 37.4 Å². The first-order valence-electron chi connectivity index (χ1n) is 9.59. The molecule has 1 saturated heterocycles. The smallest absolute Gasteiger partial charge is 0.308 e. The highest BCUT2D eigenvalue weighted by Gasteiger charge is 2.26. The lowest BCUT2D eigenvalue weighted by Gasteiger charge is -2.35. The molecule has 1 atom stereocenters. The largest absolute Gasteiger partial charge is 0.481 e. The van der Waals surface area contributed by atoms with E-state index >= 15 is 0 Å². The minimum atomic E-state index is -0.931. The van der Waals surface area contributed by atoms with Crippen LogP contribution in [0.2, 0.25) is 0 Å². The molecule has 2 heterocycles. The zero-order valence-corrected chi connectivity index (χ0v) is 16.3. The van der Waals surface area contributed by atoms with Crippen molar-refractivity contribution in [3.05, 3.63) is 42.6 Å². The summed E-state index contributed by atoms with van der Waals surface area (Å²) in [6, 6.07) is 7.55. The van der Waals surface area contributed by atoms with Crippen molar-refractivity contribution in [1.29, 1.82) is 0 Å². The molecule has 0 spiro atoms. The average Bonchev–Trinajstić information content (AvgIpc) is 3.10. The predicted molar refractivity (Wildman–Crippen MR) is 110 cm³/mol. The second kappa shape index (κ2) is 9.03. The summed E-state index contributed by atoms with van der Waals surface area (Å²) in [7, 11) is 0. The molecule has 7 nitrogen and oxygen atoms in total. The van der Waals surface area contributed by atoms with E-state index in [4.69, 9.17) is 0 Å². The molecule has 7 heteroatoms. The van der Waals surface area contributed by atoms with Gasteiger partial charge in [-0.1, -0.05) is 18.2 Å². The molecule has 28 heavy (non-hydrogen) atoms. The van der Waals surface area contributed by atoms with Crippen LogP contribution in [0.1, 0.15) is 13.3 Å². The Morgan fingerprint density at radius 2 is 1.93 bits per heavy atom. The number of carbonyl (C=O) groups excluding carboxylic acids is 1. The summed E-state index contributed by atoms with van der Waals surface area (Å²) in [5.74, 6) is -1.93. The van der Waals surface area contributed by atoms with Crippen LogP contribution < -0.4 is 5.32 Å². The lowest BCUT2D eigenvalue weighted by molar-refractivity contribution is -0.144. The molecular formula is C21H28N4O3. The summed E-state index contributed by atoms with van der Waals surface area (Å²) in [6.07, 6.45) is 1.80. The predicted octanol–water partition coefficient (Wildman–Crippen LogP) is 2.39. The number of hydrogen-bond acceptors (Lipinski definition) is 4. The van der Waals surface area contributed by atoms with Crippen LogP contribution in [0.3, 0.4) is 0 Å². The van der Waals surface area contributed by atoms with E-state index < -0.39 is 11.9 Å². The van der Waals surface area contributed by atoms with Gasteiger partial charge in [0.15, 0.2) is 0 Å². The number of aromatic amines is 1. The number of H-pyrrole nitrogens is 1. The molecule has 1 amide bonds. The zero-order chi connectivity index (χ0) is 20.1. The quantitative estimate of drug-likeness (QED) is 0.608. The van der Waals surface area contributed by atoms with Gasteiger partial charge in [0.1, 0.15) is 0 Å². The number of aromatic nitrogens is 1. The molecule has 3 rings (SSSR count). The van der Waals surface area contributed by atoms with E-state index in [0.717, 1.165) is 49.2 Å². The fraction of sp³-hybridized carbons (Fsp3) is 0.429. The molecule has 3 N–H and O–H groups in total. The van der Waals surface area contributed by atoms with Crippen LogP contribution in [0.15, 0.2) is 42.6 Å². The second-order valence-corrected chi connectivity index (χ2v) is 7.60. The molecule has 1 aliphatic heterocycles. The third-order valence-electron chi connectivity index (χ3n) is 5.06. The van der Waals surface area contributed by atoms with Crippen molar-refractivity contribution in [3.63, 3.8) is 0 Å². The average molecular weight is 384 g/mol. The number of hydrogen-bond donors (Lipinski definition) is 3. The molecule has 150 valence electrons. The Hall–Kier alpha value is -2.64. The standard InChI is InChI=1S/C21H28N4O3/c1-15(2)13-24-7-9-25(10-8-24)14-17(21(27)28)11-20(26)23-18-4-3-16-5-6-22-19(16)12-18/h3-6,12,17,22H,1,7-11,13-14H2,2H3,(H,23,26)(H,27,28)/t17-/m0/s1. The number of fused-ring (bicyclic) bond motifs is 1. The van der Waals surface area contributed by atoms with Crippen LogP contribution in [-0.4, -0.2) is 71.0 Å². The molecule has 2 aromatic rings. The number of aliphatic carboxylic acids is 1. The maximum atomic E-state index is 12.4. The van der Waals surface area contributed by atoms with Gasteiger partial charge in [0.05, 0.1) is 5.92 Å². The second-order valence-electron chi connectivity index (χ2n) is 7.60. The molecule has 0 saturated carbocycles. The van der Waals surface area contributed by atoms with Crippen LogP contribution in [0, 0.1) is 5.92 Å². The van der Waals surface area contributed by atoms with Crippen molar-refractivity contribution in [2.24, 2.45) is 5.92 Å². The highest BCUT2D eigenvalue weighted by atomic mass is 16.4. The van der Waals surface area contributed by atoms with Crippen molar-refractivity contribution in [2.45, 2.75) is 13.3 Å². The maximum absolute atomic E-state index is 12.4. The van der Waals surface area contributed by atoms with Crippen LogP contribution in [0.5, 0.6) is 0 Å². The van der Waals surface area contributed by atoms with Gasteiger partial charge in [-0.15, -0.1) is 0 Å². The fourth-order valence-corrected chi connectivity index (χ4v) is 3.61. The highest BCUT2D eigenvalue weighted by molar-refractivity contribution is 5.95. The first kappa shape index (κ1) is 20.1. The third-order valence-corrected chi connectivity index (χ3v) is 5.06. The lowest BCUT2D eigenvalue weighted by Crippen LogP contribution is -2.49. The number of carboxylic acid groups (broad SMARTS) is 1. The molecule has 0 radical (unpaired) electrons. The Labute approximate surface area is 165 Å². The van der Waals surface area contributed by atoms with E-state index in [2.05, 4.69) is 26.7 Å². The number of rotatable bonds is 8. The van der Waals surface area contributed by atoms with Gasteiger partial charge in [0.25, 0.3) is 0 Å². The normalized spacial score (nSPS) is 16.8. The van der Waals surface area contributed by atoms with Gasteiger partial charge in [-0.05, 0) is 30.5 Å². The molecule has 1 fully saturated rings. The summed E-state index contributed by atoms with van der Waals surface area (Å²) >= 11 is 0. The highest BCUT2D eigenvalue weighted by Crippen LogP contribution is 2.19. The summed E-state index contributed by atoms with van der Waals surface area (Å²) in [5.41, 5.74) is 2.73. The molecule has 1 aliphatic rings. The molecular weight excluding hydrogens is 356 g/mol. The topological polar surface area (TPSA) is 88.7 Å². The monoisotopic (exact) mass is 384 g/mol. The molecule has 0 unspecified atom stereocenters. The molecule has 0 bridgehead atoms. The van der Waals surface area contributed by atoms with Crippen LogP contribution in [0.25, 0.3) is 10.9 Å². The van der Waals surface area contributed by atoms with Crippen LogP contribution >= 0.6 is 0 Å². The zero-order valence-electron chi connectivity index (χ0n) is 16.3. The number of anilines is 1. The van der Waals surface area contributed by atoms with Gasteiger partial charge in [-0.25, -0.2) is 0 Å². The number of nitrogens with one attached hydrogen (secondary N) is 2. The minimum absolute atomic E-state index is 0.0376. The number of piperazine rings is 1. The van der Waals surface area contributed by atoms with Crippen molar-refractivity contribution < 1.29 is 14.7 Å². The van der Waals surface area contributed by atoms with E-state index in [-0.39, 0.29) is 12.3 Å². The van der Waals surface area contributed by atoms with Crippen molar-refractivity contribution in [1.82, 2.24) is 14.8 Å². The number of nitrogens with zero attached hydrogens (tertiary/aromatic N) is 2. The van der Waals surface area contributed by atoms with Crippen molar-refractivity contribution in [2.75, 3.05) is 44.6 Å². The van der Waals surface area contributed by atoms with E-state index in [1.165, 1.54) is 0 Å². The van der Waals surface area contributed by atoms with Crippen molar-refractivity contribution in [3.8, 4) is 0 Å². The lowest BCUT2D eigenvalue weighted by atomic mass is 10.0. The van der Waals surface area contributed by atoms with Gasteiger partial charge in [0, 0.05) is 63.1 Å². The summed E-state index contributed by atoms with van der Waals surface area (Å²) in [4.78, 5) is 31.6. The van der Waals surface area contributed by atoms with Gasteiger partial charge in [-0.2, -0.15) is 0 Å². The third kappa shape index (κ3) is 5.43. The van der Waals surface area contributed by atoms with Crippen molar-refractivity contribution >= 4 is 28.5 Å². The number of amides is 1. The summed E-state index contributed by atoms with van der Waals surface area (Å²) < 4.78 is 0. The summed E-state index contributed by atoms with van der Waals surface area (Å²) in [6.45, 7) is 10.6. The Balaban J connectivity index is 1.52. The van der Waals surface area contributed by atoms with Gasteiger partial charge < -0.3 is 15.4 Å². The number of benzene rings is 1. The Bertz CT molecular complexity index is 852. The minimum Gasteiger partial charge on any atom is -0.481 e. The van der Waals surface area contributed by atoms with Gasteiger partial charge >= 0.3 is 5.97 Å². The van der Waals surface area contributed by atoms with Gasteiger partial charge in [0.2, 0.25) is 5.91 Å². The number of carboxylic acids is 1. The first-order chi connectivity index (χ1) is 13.4. The van der Waals surface area contributed by atoms with Crippen LogP contribution in [-0.2, 0) is 9.59 Å². The Morgan fingerprint density at radius 1 is 1.21 bits per heavy atom. The SMILES string of the molecule is C=C(C)CN1CCN(C[C@H](CC(=O)Nc2ccc3cc[nH]c3c2)C(=O)O)CC1. The summed E-state index contributed by atoms with van der Waals surface area (Å²) in [5, 5.41) is 13.4.